The fraction of sp³-hybridized carbons (Fsp3) is 0.167. The average Bonchev–Trinajstić information content (AvgIpc) is 2.86. The van der Waals surface area contributed by atoms with Crippen molar-refractivity contribution in [2.45, 2.75) is 26.1 Å². The lowest BCUT2D eigenvalue weighted by Crippen LogP contribution is -2.37. The van der Waals surface area contributed by atoms with E-state index in [0.29, 0.717) is 29.5 Å². The lowest BCUT2D eigenvalue weighted by molar-refractivity contribution is -0.138. The summed E-state index contributed by atoms with van der Waals surface area (Å²) < 4.78 is 19.3. The molecule has 7 heteroatoms. The third kappa shape index (κ3) is 4.86. The van der Waals surface area contributed by atoms with Crippen molar-refractivity contribution in [2.24, 2.45) is 0 Å². The maximum Gasteiger partial charge on any atom is 0.263 e. The second kappa shape index (κ2) is 8.78. The molecule has 0 spiro atoms. The van der Waals surface area contributed by atoms with Crippen LogP contribution in [0.1, 0.15) is 28.4 Å². The first-order valence-corrected chi connectivity index (χ1v) is 10.2. The van der Waals surface area contributed by atoms with E-state index in [1.807, 2.05) is 12.1 Å². The maximum absolute atomic E-state index is 13.4. The number of benzene rings is 3. The zero-order chi connectivity index (χ0) is 22.0. The molecule has 1 heterocycles. The van der Waals surface area contributed by atoms with Gasteiger partial charge < -0.3 is 15.0 Å². The first-order chi connectivity index (χ1) is 14.9. The largest absolute Gasteiger partial charge is 0.481 e. The van der Waals surface area contributed by atoms with Crippen LogP contribution in [0.2, 0.25) is 5.02 Å². The number of amides is 2. The molecule has 0 saturated carbocycles. The number of rotatable bonds is 4. The van der Waals surface area contributed by atoms with Gasteiger partial charge in [0.05, 0.1) is 0 Å². The summed E-state index contributed by atoms with van der Waals surface area (Å²) in [5, 5.41) is 3.40. The number of ether oxygens (including phenoxy) is 1. The van der Waals surface area contributed by atoms with E-state index in [1.54, 1.807) is 48.2 Å². The Balaban J connectivity index is 1.56. The highest BCUT2D eigenvalue weighted by atomic mass is 35.5. The van der Waals surface area contributed by atoms with Gasteiger partial charge in [0.1, 0.15) is 11.6 Å². The van der Waals surface area contributed by atoms with E-state index in [9.17, 15) is 14.0 Å². The smallest absolute Gasteiger partial charge is 0.263 e. The number of hydrogen-bond acceptors (Lipinski definition) is 3. The van der Waals surface area contributed by atoms with E-state index >= 15 is 0 Å². The predicted molar refractivity (Wildman–Crippen MR) is 117 cm³/mol. The first kappa shape index (κ1) is 20.9. The van der Waals surface area contributed by atoms with Crippen molar-refractivity contribution < 1.29 is 18.7 Å². The van der Waals surface area contributed by atoms with Crippen LogP contribution in [-0.2, 0) is 17.9 Å². The Bertz CT molecular complexity index is 1130. The van der Waals surface area contributed by atoms with Crippen LogP contribution in [0.25, 0.3) is 0 Å². The van der Waals surface area contributed by atoms with Gasteiger partial charge in [-0.25, -0.2) is 4.39 Å². The normalized spacial score (nSPS) is 15.6. The van der Waals surface area contributed by atoms with E-state index in [1.165, 1.54) is 18.2 Å². The molecule has 4 rings (SSSR count). The lowest BCUT2D eigenvalue weighted by atomic mass is 10.1. The molecule has 3 aromatic rings. The number of nitrogens with zero attached hydrogens (tertiary/aromatic N) is 1. The second-order valence-electron chi connectivity index (χ2n) is 7.37. The molecule has 0 aliphatic carbocycles. The van der Waals surface area contributed by atoms with Crippen molar-refractivity contribution in [1.82, 2.24) is 4.90 Å². The zero-order valence-electron chi connectivity index (χ0n) is 16.8. The molecule has 31 heavy (non-hydrogen) atoms. The van der Waals surface area contributed by atoms with Crippen LogP contribution >= 0.6 is 11.6 Å². The monoisotopic (exact) mass is 438 g/mol. The molecule has 1 atom stereocenters. The molecule has 5 nitrogen and oxygen atoms in total. The fourth-order valence-electron chi connectivity index (χ4n) is 3.45. The molecule has 158 valence electrons. The predicted octanol–water partition coefficient (Wildman–Crippen LogP) is 5.04. The minimum absolute atomic E-state index is 0.128. The molecule has 3 aromatic carbocycles. The summed E-state index contributed by atoms with van der Waals surface area (Å²) in [5.74, 6) is -0.440. The summed E-state index contributed by atoms with van der Waals surface area (Å²) in [7, 11) is 0. The Morgan fingerprint density at radius 1 is 1.16 bits per heavy atom. The molecule has 1 N–H and O–H groups in total. The molecule has 0 unspecified atom stereocenters. The fourth-order valence-corrected chi connectivity index (χ4v) is 3.58. The van der Waals surface area contributed by atoms with E-state index in [-0.39, 0.29) is 11.5 Å². The van der Waals surface area contributed by atoms with Crippen LogP contribution in [0.3, 0.4) is 0 Å². The van der Waals surface area contributed by atoms with Crippen molar-refractivity contribution in [3.05, 3.63) is 94.3 Å². The van der Waals surface area contributed by atoms with Gasteiger partial charge in [-0.15, -0.1) is 0 Å². The van der Waals surface area contributed by atoms with Crippen LogP contribution in [0, 0.1) is 5.82 Å². The summed E-state index contributed by atoms with van der Waals surface area (Å²) in [6.07, 6.45) is -0.638. The standard InChI is InChI=1S/C24H20ClFN2O3/c1-15-24(30)28(13-16-5-7-19(25)8-6-16)14-18-12-21(9-10-22(18)31-15)27-23(29)17-3-2-4-20(26)11-17/h2-12,15H,13-14H2,1H3,(H,27,29)/t15-/m0/s1. The number of halogens is 2. The Morgan fingerprint density at radius 3 is 2.68 bits per heavy atom. The van der Waals surface area contributed by atoms with Crippen LogP contribution in [-0.4, -0.2) is 22.8 Å². The van der Waals surface area contributed by atoms with Gasteiger partial charge in [-0.3, -0.25) is 9.59 Å². The van der Waals surface area contributed by atoms with E-state index in [4.69, 9.17) is 16.3 Å². The number of nitrogens with one attached hydrogen (secondary N) is 1. The topological polar surface area (TPSA) is 58.6 Å². The zero-order valence-corrected chi connectivity index (χ0v) is 17.5. The van der Waals surface area contributed by atoms with Gasteiger partial charge in [-0.1, -0.05) is 29.8 Å². The highest BCUT2D eigenvalue weighted by Gasteiger charge is 2.28. The summed E-state index contributed by atoms with van der Waals surface area (Å²) >= 11 is 5.96. The van der Waals surface area contributed by atoms with Crippen LogP contribution < -0.4 is 10.1 Å². The Hall–Kier alpha value is -3.38. The van der Waals surface area contributed by atoms with Gasteiger partial charge in [0, 0.05) is 34.9 Å². The molecule has 1 aliphatic heterocycles. The molecule has 0 aromatic heterocycles. The van der Waals surface area contributed by atoms with Crippen LogP contribution in [0.5, 0.6) is 5.75 Å². The second-order valence-corrected chi connectivity index (χ2v) is 7.80. The third-order valence-corrected chi connectivity index (χ3v) is 5.27. The van der Waals surface area contributed by atoms with Gasteiger partial charge in [0.15, 0.2) is 6.10 Å². The lowest BCUT2D eigenvalue weighted by Gasteiger charge is -2.22. The molecule has 0 fully saturated rings. The molecular weight excluding hydrogens is 419 g/mol. The molecule has 0 saturated heterocycles. The van der Waals surface area contributed by atoms with Crippen molar-refractivity contribution in [3.63, 3.8) is 0 Å². The molecule has 0 radical (unpaired) electrons. The van der Waals surface area contributed by atoms with Gasteiger partial charge in [-0.2, -0.15) is 0 Å². The number of carbonyl (C=O) groups is 2. The van der Waals surface area contributed by atoms with Gasteiger partial charge >= 0.3 is 0 Å². The summed E-state index contributed by atoms with van der Waals surface area (Å²) in [5.41, 5.74) is 2.47. The van der Waals surface area contributed by atoms with Gasteiger partial charge in [0.25, 0.3) is 11.8 Å². The van der Waals surface area contributed by atoms with Crippen molar-refractivity contribution >= 4 is 29.1 Å². The third-order valence-electron chi connectivity index (χ3n) is 5.02. The molecule has 1 aliphatic rings. The molecule has 2 amide bonds. The van der Waals surface area contributed by atoms with Crippen molar-refractivity contribution in [3.8, 4) is 5.75 Å². The van der Waals surface area contributed by atoms with E-state index in [0.717, 1.165) is 11.1 Å². The minimum atomic E-state index is -0.638. The van der Waals surface area contributed by atoms with Gasteiger partial charge in [-0.05, 0) is 61.0 Å². The van der Waals surface area contributed by atoms with E-state index < -0.39 is 17.8 Å². The summed E-state index contributed by atoms with van der Waals surface area (Å²) in [6, 6.07) is 18.0. The maximum atomic E-state index is 13.4. The highest BCUT2D eigenvalue weighted by Crippen LogP contribution is 2.29. The average molecular weight is 439 g/mol. The number of anilines is 1. The number of hydrogen-bond donors (Lipinski definition) is 1. The Morgan fingerprint density at radius 2 is 1.94 bits per heavy atom. The van der Waals surface area contributed by atoms with Crippen molar-refractivity contribution in [2.75, 3.05) is 5.32 Å². The molecular formula is C24H20ClFN2O3. The summed E-state index contributed by atoms with van der Waals surface area (Å²) in [4.78, 5) is 27.0. The van der Waals surface area contributed by atoms with Gasteiger partial charge in [0.2, 0.25) is 0 Å². The van der Waals surface area contributed by atoms with Crippen LogP contribution in [0.15, 0.2) is 66.7 Å². The number of fused-ring (bicyclic) bond motifs is 1. The van der Waals surface area contributed by atoms with E-state index in [2.05, 4.69) is 5.32 Å². The van der Waals surface area contributed by atoms with Crippen LogP contribution in [0.4, 0.5) is 10.1 Å². The van der Waals surface area contributed by atoms with Crippen molar-refractivity contribution in [1.29, 1.82) is 0 Å². The quantitative estimate of drug-likeness (QED) is 0.620. The number of carbonyl (C=O) groups excluding carboxylic acids is 2. The minimum Gasteiger partial charge on any atom is -0.481 e. The molecule has 0 bridgehead atoms. The highest BCUT2D eigenvalue weighted by molar-refractivity contribution is 6.30. The first-order valence-electron chi connectivity index (χ1n) is 9.79. The summed E-state index contributed by atoms with van der Waals surface area (Å²) in [6.45, 7) is 2.44. The SMILES string of the molecule is C[C@@H]1Oc2ccc(NC(=O)c3cccc(F)c3)cc2CN(Cc2ccc(Cl)cc2)C1=O. The Kier molecular flexibility index (Phi) is 5.91. The Labute approximate surface area is 184 Å².